The van der Waals surface area contributed by atoms with E-state index in [1.54, 1.807) is 0 Å². The highest BCUT2D eigenvalue weighted by atomic mass is 35.5. The van der Waals surface area contributed by atoms with Gasteiger partial charge in [-0.15, -0.1) is 0 Å². The SMILES string of the molecule is Cc1ccc(C2CNc3cc(Cl)cc(C)c3O2)c(C)c1. The topological polar surface area (TPSA) is 21.3 Å². The molecule has 0 aliphatic carbocycles. The van der Waals surface area contributed by atoms with Gasteiger partial charge in [-0.05, 0) is 49.6 Å². The van der Waals surface area contributed by atoms with Crippen LogP contribution in [0.25, 0.3) is 0 Å². The molecule has 0 radical (unpaired) electrons. The summed E-state index contributed by atoms with van der Waals surface area (Å²) in [5.74, 6) is 0.908. The molecule has 0 fully saturated rings. The molecule has 104 valence electrons. The zero-order valence-electron chi connectivity index (χ0n) is 12.0. The first-order chi connectivity index (χ1) is 9.54. The Hall–Kier alpha value is -1.67. The summed E-state index contributed by atoms with van der Waals surface area (Å²) in [6, 6.07) is 10.3. The van der Waals surface area contributed by atoms with E-state index in [1.807, 2.05) is 19.1 Å². The Balaban J connectivity index is 1.96. The van der Waals surface area contributed by atoms with Crippen molar-refractivity contribution >= 4 is 17.3 Å². The monoisotopic (exact) mass is 287 g/mol. The molecule has 0 amide bonds. The van der Waals surface area contributed by atoms with Crippen LogP contribution in [-0.2, 0) is 0 Å². The first kappa shape index (κ1) is 13.3. The molecule has 0 saturated heterocycles. The van der Waals surface area contributed by atoms with E-state index in [-0.39, 0.29) is 6.10 Å². The fraction of sp³-hybridized carbons (Fsp3) is 0.294. The summed E-state index contributed by atoms with van der Waals surface area (Å²) in [7, 11) is 0. The maximum absolute atomic E-state index is 6.20. The van der Waals surface area contributed by atoms with Crippen LogP contribution in [0.3, 0.4) is 0 Å². The van der Waals surface area contributed by atoms with Crippen molar-refractivity contribution in [2.75, 3.05) is 11.9 Å². The van der Waals surface area contributed by atoms with E-state index in [2.05, 4.69) is 37.4 Å². The van der Waals surface area contributed by atoms with Crippen LogP contribution in [-0.4, -0.2) is 6.54 Å². The largest absolute Gasteiger partial charge is 0.481 e. The average molecular weight is 288 g/mol. The number of hydrogen-bond donors (Lipinski definition) is 1. The lowest BCUT2D eigenvalue weighted by Gasteiger charge is -2.30. The van der Waals surface area contributed by atoms with Gasteiger partial charge >= 0.3 is 0 Å². The van der Waals surface area contributed by atoms with Crippen LogP contribution >= 0.6 is 11.6 Å². The van der Waals surface area contributed by atoms with Gasteiger partial charge in [0.1, 0.15) is 11.9 Å². The molecule has 3 heteroatoms. The second-order valence-electron chi connectivity index (χ2n) is 5.45. The number of anilines is 1. The van der Waals surface area contributed by atoms with E-state index in [9.17, 15) is 0 Å². The second-order valence-corrected chi connectivity index (χ2v) is 5.88. The third-order valence-electron chi connectivity index (χ3n) is 3.75. The van der Waals surface area contributed by atoms with E-state index < -0.39 is 0 Å². The highest BCUT2D eigenvalue weighted by molar-refractivity contribution is 6.31. The van der Waals surface area contributed by atoms with Crippen molar-refractivity contribution in [1.82, 2.24) is 0 Å². The van der Waals surface area contributed by atoms with Crippen LogP contribution in [0.4, 0.5) is 5.69 Å². The fourth-order valence-electron chi connectivity index (χ4n) is 2.76. The number of nitrogens with one attached hydrogen (secondary N) is 1. The van der Waals surface area contributed by atoms with Gasteiger partial charge in [-0.3, -0.25) is 0 Å². The molecule has 0 aromatic heterocycles. The van der Waals surface area contributed by atoms with Crippen molar-refractivity contribution in [3.05, 3.63) is 57.6 Å². The summed E-state index contributed by atoms with van der Waals surface area (Å²) in [5, 5.41) is 4.16. The Morgan fingerprint density at radius 1 is 1.10 bits per heavy atom. The number of fused-ring (bicyclic) bond motifs is 1. The lowest BCUT2D eigenvalue weighted by Crippen LogP contribution is -2.24. The first-order valence-corrected chi connectivity index (χ1v) is 7.20. The molecule has 1 unspecified atom stereocenters. The van der Waals surface area contributed by atoms with Crippen LogP contribution in [0, 0.1) is 20.8 Å². The quantitative estimate of drug-likeness (QED) is 0.812. The molecule has 20 heavy (non-hydrogen) atoms. The molecule has 2 nitrogen and oxygen atoms in total. The minimum Gasteiger partial charge on any atom is -0.481 e. The number of rotatable bonds is 1. The van der Waals surface area contributed by atoms with Gasteiger partial charge in [0, 0.05) is 5.02 Å². The van der Waals surface area contributed by atoms with Crippen LogP contribution < -0.4 is 10.1 Å². The molecular weight excluding hydrogens is 270 g/mol. The van der Waals surface area contributed by atoms with Crippen LogP contribution in [0.1, 0.15) is 28.4 Å². The highest BCUT2D eigenvalue weighted by Gasteiger charge is 2.23. The first-order valence-electron chi connectivity index (χ1n) is 6.82. The molecule has 1 atom stereocenters. The van der Waals surface area contributed by atoms with Crippen LogP contribution in [0.5, 0.6) is 5.75 Å². The molecule has 1 aliphatic heterocycles. The minimum absolute atomic E-state index is 0.0444. The summed E-state index contributed by atoms with van der Waals surface area (Å²) in [5.41, 5.74) is 5.83. The Kier molecular flexibility index (Phi) is 3.35. The maximum Gasteiger partial charge on any atom is 0.146 e. The summed E-state index contributed by atoms with van der Waals surface area (Å²) < 4.78 is 6.20. The molecule has 0 saturated carbocycles. The van der Waals surface area contributed by atoms with Crippen molar-refractivity contribution in [3.8, 4) is 5.75 Å². The summed E-state index contributed by atoms with van der Waals surface area (Å²) >= 11 is 6.08. The van der Waals surface area contributed by atoms with Crippen molar-refractivity contribution in [2.45, 2.75) is 26.9 Å². The number of hydrogen-bond acceptors (Lipinski definition) is 2. The van der Waals surface area contributed by atoms with Gasteiger partial charge in [0.2, 0.25) is 0 Å². The molecular formula is C17H18ClNO. The van der Waals surface area contributed by atoms with Gasteiger partial charge in [0.25, 0.3) is 0 Å². The number of aryl methyl sites for hydroxylation is 3. The van der Waals surface area contributed by atoms with Crippen molar-refractivity contribution in [3.63, 3.8) is 0 Å². The lowest BCUT2D eigenvalue weighted by molar-refractivity contribution is 0.208. The van der Waals surface area contributed by atoms with Gasteiger partial charge in [0.05, 0.1) is 12.2 Å². The van der Waals surface area contributed by atoms with E-state index >= 15 is 0 Å². The second kappa shape index (κ2) is 5.02. The fourth-order valence-corrected chi connectivity index (χ4v) is 3.04. The molecule has 0 bridgehead atoms. The number of halogens is 1. The summed E-state index contributed by atoms with van der Waals surface area (Å²) in [6.45, 7) is 7.03. The molecule has 1 aliphatic rings. The minimum atomic E-state index is 0.0444. The molecule has 1 N–H and O–H groups in total. The standard InChI is InChI=1S/C17H18ClNO/c1-10-4-5-14(11(2)6-10)16-9-19-15-8-13(18)7-12(3)17(15)20-16/h4-8,16,19H,9H2,1-3H3. The summed E-state index contributed by atoms with van der Waals surface area (Å²) in [4.78, 5) is 0. The van der Waals surface area contributed by atoms with Crippen LogP contribution in [0.2, 0.25) is 5.02 Å². The van der Waals surface area contributed by atoms with Gasteiger partial charge in [-0.25, -0.2) is 0 Å². The van der Waals surface area contributed by atoms with E-state index in [0.717, 1.165) is 28.6 Å². The third kappa shape index (κ3) is 2.36. The zero-order chi connectivity index (χ0) is 14.3. The average Bonchev–Trinajstić information content (AvgIpc) is 2.38. The Morgan fingerprint density at radius 2 is 1.90 bits per heavy atom. The molecule has 2 aromatic carbocycles. The lowest BCUT2D eigenvalue weighted by atomic mass is 9.99. The highest BCUT2D eigenvalue weighted by Crippen LogP contribution is 2.39. The third-order valence-corrected chi connectivity index (χ3v) is 3.97. The zero-order valence-corrected chi connectivity index (χ0v) is 12.7. The van der Waals surface area contributed by atoms with E-state index in [0.29, 0.717) is 0 Å². The maximum atomic E-state index is 6.20. The smallest absolute Gasteiger partial charge is 0.146 e. The molecule has 2 aromatic rings. The summed E-state index contributed by atoms with van der Waals surface area (Å²) in [6.07, 6.45) is 0.0444. The Morgan fingerprint density at radius 3 is 2.65 bits per heavy atom. The van der Waals surface area contributed by atoms with Crippen molar-refractivity contribution in [2.24, 2.45) is 0 Å². The van der Waals surface area contributed by atoms with Crippen molar-refractivity contribution in [1.29, 1.82) is 0 Å². The van der Waals surface area contributed by atoms with Gasteiger partial charge in [-0.2, -0.15) is 0 Å². The van der Waals surface area contributed by atoms with Gasteiger partial charge in [-0.1, -0.05) is 35.4 Å². The molecule has 0 spiro atoms. The Labute approximate surface area is 124 Å². The Bertz CT molecular complexity index is 666. The van der Waals surface area contributed by atoms with Gasteiger partial charge < -0.3 is 10.1 Å². The molecule has 1 heterocycles. The van der Waals surface area contributed by atoms with Gasteiger partial charge in [0.15, 0.2) is 0 Å². The van der Waals surface area contributed by atoms with Crippen LogP contribution in [0.15, 0.2) is 30.3 Å². The number of benzene rings is 2. The van der Waals surface area contributed by atoms with E-state index in [1.165, 1.54) is 16.7 Å². The number of ether oxygens (including phenoxy) is 1. The predicted octanol–water partition coefficient (Wildman–Crippen LogP) is 4.81. The molecule has 3 rings (SSSR count). The van der Waals surface area contributed by atoms with Crippen molar-refractivity contribution < 1.29 is 4.74 Å². The van der Waals surface area contributed by atoms with E-state index in [4.69, 9.17) is 16.3 Å². The normalized spacial score (nSPS) is 17.1. The predicted molar refractivity (Wildman–Crippen MR) is 84.0 cm³/mol.